The molecule has 3 rings (SSSR count). The molecule has 0 amide bonds. The Morgan fingerprint density at radius 2 is 1.43 bits per heavy atom. The molecule has 0 fully saturated rings. The lowest BCUT2D eigenvalue weighted by molar-refractivity contribution is 0.442. The van der Waals surface area contributed by atoms with Crippen molar-refractivity contribution in [1.82, 2.24) is 0 Å². The van der Waals surface area contributed by atoms with Gasteiger partial charge < -0.3 is 9.47 Å². The number of hydrogen-bond donors (Lipinski definition) is 0. The Bertz CT molecular complexity index is 1070. The Kier molecular flexibility index (Phi) is 5.34. The van der Waals surface area contributed by atoms with E-state index in [0.717, 1.165) is 22.3 Å². The fraction of sp³-hybridized carbons (Fsp3) is 0.167. The molecule has 0 atom stereocenters. The van der Waals surface area contributed by atoms with Crippen LogP contribution in [0.3, 0.4) is 0 Å². The largest absolute Gasteiger partial charge is 0.384 e. The average Bonchev–Trinajstić information content (AvgIpc) is 2.69. The molecule has 0 aromatic heterocycles. The number of para-hydroxylation sites is 1. The number of ether oxygens (including phenoxy) is 2. The van der Waals surface area contributed by atoms with Crippen molar-refractivity contribution in [3.8, 4) is 46.3 Å². The van der Waals surface area contributed by atoms with Gasteiger partial charge in [-0.15, -0.1) is 10.5 Å². The van der Waals surface area contributed by atoms with E-state index in [4.69, 9.17) is 20.0 Å². The van der Waals surface area contributed by atoms with E-state index in [0.29, 0.717) is 5.56 Å². The molecule has 28 heavy (non-hydrogen) atoms. The van der Waals surface area contributed by atoms with Gasteiger partial charge in [-0.2, -0.15) is 0 Å². The van der Waals surface area contributed by atoms with Crippen molar-refractivity contribution < 1.29 is 9.47 Å². The molecule has 4 nitrogen and oxygen atoms in total. The molecule has 0 aliphatic carbocycles. The molecule has 0 bridgehead atoms. The zero-order valence-corrected chi connectivity index (χ0v) is 16.1. The van der Waals surface area contributed by atoms with Gasteiger partial charge in [-0.3, -0.25) is 0 Å². The van der Waals surface area contributed by atoms with E-state index < -0.39 is 0 Å². The van der Waals surface area contributed by atoms with Gasteiger partial charge >= 0.3 is 0 Å². The van der Waals surface area contributed by atoms with Gasteiger partial charge in [-0.1, -0.05) is 81.4 Å². The van der Waals surface area contributed by atoms with Gasteiger partial charge in [-0.05, 0) is 33.7 Å². The summed E-state index contributed by atoms with van der Waals surface area (Å²) in [6, 6.07) is 21.7. The summed E-state index contributed by atoms with van der Waals surface area (Å²) in [6.07, 6.45) is 3.35. The van der Waals surface area contributed by atoms with E-state index in [2.05, 4.69) is 39.0 Å². The number of hydrogen-bond acceptors (Lipinski definition) is 4. The lowest BCUT2D eigenvalue weighted by Crippen LogP contribution is -2.13. The Labute approximate surface area is 165 Å². The van der Waals surface area contributed by atoms with Gasteiger partial charge in [0.05, 0.1) is 0 Å². The van der Waals surface area contributed by atoms with E-state index in [1.165, 1.54) is 0 Å². The summed E-state index contributed by atoms with van der Waals surface area (Å²) in [5.41, 5.74) is 4.83. The molecule has 4 heteroatoms. The van der Waals surface area contributed by atoms with Crippen molar-refractivity contribution in [2.45, 2.75) is 26.2 Å². The molecule has 0 aliphatic heterocycles. The van der Waals surface area contributed by atoms with Crippen LogP contribution in [-0.2, 0) is 5.41 Å². The molecular weight excluding hydrogens is 348 g/mol. The Hall–Kier alpha value is -3.76. The van der Waals surface area contributed by atoms with Crippen LogP contribution < -0.4 is 9.47 Å². The van der Waals surface area contributed by atoms with Crippen molar-refractivity contribution >= 4 is 0 Å². The minimum atomic E-state index is -0.157. The fourth-order valence-electron chi connectivity index (χ4n) is 3.22. The quantitative estimate of drug-likeness (QED) is 0.527. The van der Waals surface area contributed by atoms with Gasteiger partial charge in [0, 0.05) is 5.56 Å². The second-order valence-electron chi connectivity index (χ2n) is 7.40. The highest BCUT2D eigenvalue weighted by atomic mass is 16.5. The number of rotatable bonds is 4. The van der Waals surface area contributed by atoms with Gasteiger partial charge in [0.15, 0.2) is 11.5 Å². The first-order chi connectivity index (χ1) is 13.5. The van der Waals surface area contributed by atoms with Gasteiger partial charge in [0.2, 0.25) is 0 Å². The van der Waals surface area contributed by atoms with Crippen LogP contribution in [-0.4, -0.2) is 0 Å². The van der Waals surface area contributed by atoms with Crippen LogP contribution in [0.5, 0.6) is 11.5 Å². The zero-order chi connectivity index (χ0) is 20.1. The summed E-state index contributed by atoms with van der Waals surface area (Å²) in [6.45, 7) is 6.42. The summed E-state index contributed by atoms with van der Waals surface area (Å²) < 4.78 is 10.2. The second kappa shape index (κ2) is 7.86. The molecule has 0 unspecified atom stereocenters. The SMILES string of the molecule is CC(C)(C)c1cc(-c2ccccc2)ccc1-c1cccc(OC#N)c1OC#N. The third-order valence-corrected chi connectivity index (χ3v) is 4.51. The maximum atomic E-state index is 9.09. The smallest absolute Gasteiger partial charge is 0.292 e. The molecule has 0 saturated heterocycles. The molecule has 3 aromatic rings. The molecular formula is C24H20N2O2. The van der Waals surface area contributed by atoms with E-state index in [1.54, 1.807) is 24.6 Å². The summed E-state index contributed by atoms with van der Waals surface area (Å²) in [5, 5.41) is 18.0. The standard InChI is InChI=1S/C24H20N2O2/c1-24(2,3)21-14-18(17-8-5-4-6-9-17)12-13-19(21)20-10-7-11-22(27-15-25)23(20)28-16-26/h4-14H,1-3H3. The summed E-state index contributed by atoms with van der Waals surface area (Å²) in [4.78, 5) is 0. The van der Waals surface area contributed by atoms with Crippen molar-refractivity contribution in [1.29, 1.82) is 10.5 Å². The molecule has 0 radical (unpaired) electrons. The van der Waals surface area contributed by atoms with Crippen LogP contribution in [0, 0.1) is 23.0 Å². The summed E-state index contributed by atoms with van der Waals surface area (Å²) >= 11 is 0. The molecule has 0 heterocycles. The van der Waals surface area contributed by atoms with Gasteiger partial charge in [0.25, 0.3) is 12.5 Å². The molecule has 0 saturated carbocycles. The van der Waals surface area contributed by atoms with Crippen molar-refractivity contribution in [2.24, 2.45) is 0 Å². The minimum Gasteiger partial charge on any atom is -0.384 e. The van der Waals surface area contributed by atoms with Crippen molar-refractivity contribution in [3.05, 3.63) is 72.3 Å². The first-order valence-electron chi connectivity index (χ1n) is 8.91. The molecule has 138 valence electrons. The number of nitrogens with zero attached hydrogens (tertiary/aromatic N) is 2. The highest BCUT2D eigenvalue weighted by molar-refractivity contribution is 5.80. The number of nitriles is 2. The monoisotopic (exact) mass is 368 g/mol. The topological polar surface area (TPSA) is 66.0 Å². The van der Waals surface area contributed by atoms with Crippen molar-refractivity contribution in [3.63, 3.8) is 0 Å². The molecule has 0 aliphatic rings. The predicted molar refractivity (Wildman–Crippen MR) is 108 cm³/mol. The molecule has 0 spiro atoms. The van der Waals surface area contributed by atoms with Gasteiger partial charge in [-0.25, -0.2) is 0 Å². The van der Waals surface area contributed by atoms with Crippen LogP contribution in [0.4, 0.5) is 0 Å². The van der Waals surface area contributed by atoms with Crippen LogP contribution in [0.2, 0.25) is 0 Å². The molecule has 3 aromatic carbocycles. The predicted octanol–water partition coefficient (Wildman–Crippen LogP) is 6.04. The van der Waals surface area contributed by atoms with Crippen LogP contribution >= 0.6 is 0 Å². The van der Waals surface area contributed by atoms with E-state index in [9.17, 15) is 0 Å². The van der Waals surface area contributed by atoms with Gasteiger partial charge in [0.1, 0.15) is 0 Å². The highest BCUT2D eigenvalue weighted by Crippen LogP contribution is 2.43. The minimum absolute atomic E-state index is 0.157. The molecule has 0 N–H and O–H groups in total. The second-order valence-corrected chi connectivity index (χ2v) is 7.40. The fourth-order valence-corrected chi connectivity index (χ4v) is 3.22. The maximum Gasteiger partial charge on any atom is 0.292 e. The lowest BCUT2D eigenvalue weighted by atomic mass is 9.80. The van der Waals surface area contributed by atoms with Crippen LogP contribution in [0.1, 0.15) is 26.3 Å². The third-order valence-electron chi connectivity index (χ3n) is 4.51. The Balaban J connectivity index is 2.24. The first kappa shape index (κ1) is 19.0. The Morgan fingerprint density at radius 1 is 0.714 bits per heavy atom. The third kappa shape index (κ3) is 3.82. The Morgan fingerprint density at radius 3 is 2.07 bits per heavy atom. The first-order valence-corrected chi connectivity index (χ1v) is 8.91. The summed E-state index contributed by atoms with van der Waals surface area (Å²) in [7, 11) is 0. The lowest BCUT2D eigenvalue weighted by Gasteiger charge is -2.25. The van der Waals surface area contributed by atoms with E-state index in [1.807, 2.05) is 36.4 Å². The van der Waals surface area contributed by atoms with Crippen LogP contribution in [0.15, 0.2) is 66.7 Å². The average molecular weight is 368 g/mol. The zero-order valence-electron chi connectivity index (χ0n) is 16.1. The van der Waals surface area contributed by atoms with E-state index in [-0.39, 0.29) is 16.9 Å². The summed E-state index contributed by atoms with van der Waals surface area (Å²) in [5.74, 6) is 0.457. The normalized spacial score (nSPS) is 10.6. The number of benzene rings is 3. The van der Waals surface area contributed by atoms with Crippen molar-refractivity contribution in [2.75, 3.05) is 0 Å². The maximum absolute atomic E-state index is 9.09. The van der Waals surface area contributed by atoms with Crippen LogP contribution in [0.25, 0.3) is 22.3 Å². The van der Waals surface area contributed by atoms with E-state index >= 15 is 0 Å². The highest BCUT2D eigenvalue weighted by Gasteiger charge is 2.23.